The first kappa shape index (κ1) is 21.8. The molecule has 0 heterocycles. The lowest BCUT2D eigenvalue weighted by Crippen LogP contribution is -2.40. The van der Waals surface area contributed by atoms with Gasteiger partial charge in [-0.1, -0.05) is 91.0 Å². The molecule has 5 heteroatoms. The van der Waals surface area contributed by atoms with Crippen molar-refractivity contribution in [3.8, 4) is 12.1 Å². The zero-order chi connectivity index (χ0) is 24.5. The number of nitro groups is 1. The Bertz CT molecular complexity index is 1450. The minimum absolute atomic E-state index is 0.0948. The van der Waals surface area contributed by atoms with Gasteiger partial charge >= 0.3 is 0 Å². The van der Waals surface area contributed by atoms with Crippen molar-refractivity contribution in [2.75, 3.05) is 0 Å². The van der Waals surface area contributed by atoms with Crippen LogP contribution in [-0.4, -0.2) is 4.92 Å². The van der Waals surface area contributed by atoms with Crippen molar-refractivity contribution in [2.45, 2.75) is 10.8 Å². The van der Waals surface area contributed by atoms with E-state index < -0.39 is 15.8 Å². The van der Waals surface area contributed by atoms with Gasteiger partial charge in [0.25, 0.3) is 5.69 Å². The van der Waals surface area contributed by atoms with E-state index in [0.29, 0.717) is 5.56 Å². The molecule has 0 spiro atoms. The van der Waals surface area contributed by atoms with Gasteiger partial charge in [0.15, 0.2) is 5.41 Å². The molecular formula is C30H19N3O2. The molecule has 0 fully saturated rings. The summed E-state index contributed by atoms with van der Waals surface area (Å²) in [6, 6.07) is 39.6. The predicted octanol–water partition coefficient (Wildman–Crippen LogP) is 6.44. The minimum atomic E-state index is -1.67. The van der Waals surface area contributed by atoms with Crippen molar-refractivity contribution in [1.82, 2.24) is 0 Å². The Labute approximate surface area is 203 Å². The van der Waals surface area contributed by atoms with Crippen LogP contribution in [0.1, 0.15) is 22.3 Å². The van der Waals surface area contributed by atoms with Crippen LogP contribution in [0.25, 0.3) is 11.1 Å². The molecule has 1 aliphatic rings. The molecule has 0 saturated heterocycles. The number of rotatable bonds is 6. The molecule has 35 heavy (non-hydrogen) atoms. The summed E-state index contributed by atoms with van der Waals surface area (Å²) in [5.74, 6) is 0. The quantitative estimate of drug-likeness (QED) is 0.248. The van der Waals surface area contributed by atoms with E-state index >= 15 is 0 Å². The van der Waals surface area contributed by atoms with Crippen LogP contribution < -0.4 is 0 Å². The molecule has 1 aliphatic carbocycles. The second kappa shape index (κ2) is 8.41. The molecule has 0 aliphatic heterocycles. The summed E-state index contributed by atoms with van der Waals surface area (Å²) in [5.41, 5.74) is 2.04. The van der Waals surface area contributed by atoms with Gasteiger partial charge in [-0.3, -0.25) is 10.1 Å². The Kier molecular flexibility index (Phi) is 5.24. The summed E-state index contributed by atoms with van der Waals surface area (Å²) in [6.45, 7) is 0. The standard InChI is InChI=1S/C30H19N3O2/c31-20-29(21-32,24-16-18-26(19-17-24)33(34)35)30(25-14-8-3-9-15-25)27(22-10-4-1-5-11-22)28(30)23-12-6-2-7-13-23/h1-19H. The number of benzene rings is 4. The first-order chi connectivity index (χ1) is 17.1. The monoisotopic (exact) mass is 453 g/mol. The van der Waals surface area contributed by atoms with Crippen LogP contribution in [0.3, 0.4) is 0 Å². The van der Waals surface area contributed by atoms with Crippen molar-refractivity contribution in [1.29, 1.82) is 10.5 Å². The lowest BCUT2D eigenvalue weighted by Gasteiger charge is -2.34. The maximum Gasteiger partial charge on any atom is 0.269 e. The molecule has 0 saturated carbocycles. The normalized spacial score (nSPS) is 14.0. The van der Waals surface area contributed by atoms with Crippen molar-refractivity contribution in [3.63, 3.8) is 0 Å². The van der Waals surface area contributed by atoms with Gasteiger partial charge in [0.05, 0.1) is 22.5 Å². The van der Waals surface area contributed by atoms with Crippen LogP contribution >= 0.6 is 0 Å². The van der Waals surface area contributed by atoms with Crippen molar-refractivity contribution >= 4 is 16.8 Å². The molecule has 0 amide bonds. The summed E-state index contributed by atoms with van der Waals surface area (Å²) < 4.78 is 0. The van der Waals surface area contributed by atoms with Crippen LogP contribution in [0.4, 0.5) is 5.69 Å². The highest BCUT2D eigenvalue weighted by molar-refractivity contribution is 6.21. The van der Waals surface area contributed by atoms with Gasteiger partial charge in [-0.05, 0) is 45.5 Å². The molecule has 0 N–H and O–H groups in total. The van der Waals surface area contributed by atoms with Gasteiger partial charge in [-0.25, -0.2) is 0 Å². The SMILES string of the molecule is N#CC(C#N)(c1ccc([N+](=O)[O-])cc1)C1(c2ccccc2)C(c2ccccc2)=C1c1ccccc1. The molecule has 5 nitrogen and oxygen atoms in total. The molecule has 0 bridgehead atoms. The van der Waals surface area contributed by atoms with Crippen LogP contribution in [-0.2, 0) is 10.8 Å². The molecule has 0 atom stereocenters. The molecular weight excluding hydrogens is 434 g/mol. The van der Waals surface area contributed by atoms with Crippen LogP contribution in [0, 0.1) is 32.8 Å². The minimum Gasteiger partial charge on any atom is -0.258 e. The number of hydrogen-bond acceptors (Lipinski definition) is 4. The molecule has 4 aromatic carbocycles. The zero-order valence-corrected chi connectivity index (χ0v) is 18.6. The van der Waals surface area contributed by atoms with E-state index in [0.717, 1.165) is 27.8 Å². The van der Waals surface area contributed by atoms with Crippen LogP contribution in [0.15, 0.2) is 115 Å². The van der Waals surface area contributed by atoms with Gasteiger partial charge in [0.1, 0.15) is 0 Å². The number of nitriles is 2. The Morgan fingerprint density at radius 1 is 0.657 bits per heavy atom. The highest BCUT2D eigenvalue weighted by Gasteiger charge is 2.69. The Balaban J connectivity index is 1.85. The number of allylic oxidation sites excluding steroid dienone is 2. The molecule has 5 rings (SSSR count). The summed E-state index contributed by atoms with van der Waals surface area (Å²) in [6.07, 6.45) is 0. The summed E-state index contributed by atoms with van der Waals surface area (Å²) >= 11 is 0. The first-order valence-electron chi connectivity index (χ1n) is 11.1. The number of nitrogens with zero attached hydrogens (tertiary/aromatic N) is 3. The lowest BCUT2D eigenvalue weighted by molar-refractivity contribution is -0.384. The third kappa shape index (κ3) is 3.14. The summed E-state index contributed by atoms with van der Waals surface area (Å²) in [5, 5.41) is 32.8. The van der Waals surface area contributed by atoms with Gasteiger partial charge < -0.3 is 0 Å². The molecule has 166 valence electrons. The second-order valence-electron chi connectivity index (χ2n) is 8.38. The highest BCUT2D eigenvalue weighted by atomic mass is 16.6. The topological polar surface area (TPSA) is 90.7 Å². The Morgan fingerprint density at radius 3 is 1.49 bits per heavy atom. The van der Waals surface area contributed by atoms with Crippen LogP contribution in [0.5, 0.6) is 0 Å². The maximum atomic E-state index is 11.3. The van der Waals surface area contributed by atoms with E-state index in [1.807, 2.05) is 91.0 Å². The highest BCUT2D eigenvalue weighted by Crippen LogP contribution is 2.72. The molecule has 4 aromatic rings. The largest absolute Gasteiger partial charge is 0.269 e. The smallest absolute Gasteiger partial charge is 0.258 e. The second-order valence-corrected chi connectivity index (χ2v) is 8.38. The van der Waals surface area contributed by atoms with Crippen molar-refractivity contribution in [3.05, 3.63) is 148 Å². The molecule has 0 radical (unpaired) electrons. The molecule has 0 unspecified atom stereocenters. The Morgan fingerprint density at radius 2 is 1.09 bits per heavy atom. The summed E-state index contributed by atoms with van der Waals surface area (Å²) in [4.78, 5) is 10.8. The van der Waals surface area contributed by atoms with Crippen molar-refractivity contribution < 1.29 is 4.92 Å². The van der Waals surface area contributed by atoms with E-state index in [4.69, 9.17) is 0 Å². The van der Waals surface area contributed by atoms with E-state index in [1.54, 1.807) is 0 Å². The lowest BCUT2D eigenvalue weighted by atomic mass is 9.61. The van der Waals surface area contributed by atoms with Crippen molar-refractivity contribution in [2.24, 2.45) is 0 Å². The zero-order valence-electron chi connectivity index (χ0n) is 18.6. The average Bonchev–Trinajstić information content (AvgIpc) is 3.63. The van der Waals surface area contributed by atoms with Crippen LogP contribution in [0.2, 0.25) is 0 Å². The Hall–Kier alpha value is -5.00. The third-order valence-electron chi connectivity index (χ3n) is 6.68. The summed E-state index contributed by atoms with van der Waals surface area (Å²) in [7, 11) is 0. The maximum absolute atomic E-state index is 11.3. The third-order valence-corrected chi connectivity index (χ3v) is 6.68. The number of non-ortho nitro benzene ring substituents is 1. The van der Waals surface area contributed by atoms with Gasteiger partial charge in [-0.15, -0.1) is 0 Å². The van der Waals surface area contributed by atoms with E-state index in [9.17, 15) is 20.6 Å². The molecule has 0 aromatic heterocycles. The number of hydrogen-bond donors (Lipinski definition) is 0. The average molecular weight is 454 g/mol. The predicted molar refractivity (Wildman–Crippen MR) is 134 cm³/mol. The first-order valence-corrected chi connectivity index (χ1v) is 11.1. The van der Waals surface area contributed by atoms with E-state index in [1.165, 1.54) is 24.3 Å². The fourth-order valence-electron chi connectivity index (χ4n) is 5.15. The number of nitro benzene ring substituents is 1. The van der Waals surface area contributed by atoms with E-state index in [-0.39, 0.29) is 5.69 Å². The van der Waals surface area contributed by atoms with E-state index in [2.05, 4.69) is 12.1 Å². The fourth-order valence-corrected chi connectivity index (χ4v) is 5.15. The van der Waals surface area contributed by atoms with Gasteiger partial charge in [-0.2, -0.15) is 10.5 Å². The fraction of sp³-hybridized carbons (Fsp3) is 0.0667. The van der Waals surface area contributed by atoms with Gasteiger partial charge in [0, 0.05) is 12.1 Å². The van der Waals surface area contributed by atoms with Gasteiger partial charge in [0.2, 0.25) is 0 Å².